The second-order valence-corrected chi connectivity index (χ2v) is 6.63. The number of guanidine groups is 1. The lowest BCUT2D eigenvalue weighted by Gasteiger charge is -2.34. The first kappa shape index (κ1) is 24.3. The highest BCUT2D eigenvalue weighted by Gasteiger charge is 2.23. The Balaban J connectivity index is 0.00000392. The molecule has 0 atom stereocenters. The van der Waals surface area contributed by atoms with Crippen molar-refractivity contribution in [2.75, 3.05) is 40.9 Å². The van der Waals surface area contributed by atoms with Crippen LogP contribution in [0.3, 0.4) is 0 Å². The minimum absolute atomic E-state index is 0. The Labute approximate surface area is 185 Å². The summed E-state index contributed by atoms with van der Waals surface area (Å²) in [7, 11) is 5.14. The molecule has 0 saturated carbocycles. The van der Waals surface area contributed by atoms with Crippen LogP contribution in [0.2, 0.25) is 0 Å². The first-order valence-electron chi connectivity index (χ1n) is 9.57. The molecule has 8 heteroatoms. The van der Waals surface area contributed by atoms with Crippen LogP contribution in [0.15, 0.2) is 23.2 Å². The van der Waals surface area contributed by atoms with E-state index in [0.717, 1.165) is 49.0 Å². The van der Waals surface area contributed by atoms with Gasteiger partial charge in [0.2, 0.25) is 5.91 Å². The first-order chi connectivity index (χ1) is 13.1. The third kappa shape index (κ3) is 7.03. The maximum absolute atomic E-state index is 11.6. The average molecular weight is 504 g/mol. The van der Waals surface area contributed by atoms with Crippen LogP contribution < -0.4 is 20.1 Å². The summed E-state index contributed by atoms with van der Waals surface area (Å²) in [5.74, 6) is 2.96. The van der Waals surface area contributed by atoms with Gasteiger partial charge in [-0.1, -0.05) is 6.07 Å². The number of carbonyl (C=O) groups is 1. The van der Waals surface area contributed by atoms with Gasteiger partial charge in [-0.05, 0) is 43.4 Å². The van der Waals surface area contributed by atoms with Crippen molar-refractivity contribution in [2.45, 2.75) is 32.7 Å². The molecule has 0 aliphatic carbocycles. The number of carbonyl (C=O) groups excluding carboxylic acids is 1. The number of nitrogens with zero attached hydrogens (tertiary/aromatic N) is 2. The van der Waals surface area contributed by atoms with E-state index in [4.69, 9.17) is 9.47 Å². The van der Waals surface area contributed by atoms with Crippen LogP contribution in [-0.4, -0.2) is 57.7 Å². The van der Waals surface area contributed by atoms with Gasteiger partial charge in [0.1, 0.15) is 0 Å². The molecule has 1 aliphatic heterocycles. The Morgan fingerprint density at radius 3 is 2.57 bits per heavy atom. The van der Waals surface area contributed by atoms with Crippen LogP contribution in [0, 0.1) is 5.92 Å². The zero-order valence-electron chi connectivity index (χ0n) is 17.3. The van der Waals surface area contributed by atoms with Crippen molar-refractivity contribution < 1.29 is 14.3 Å². The maximum Gasteiger partial charge on any atom is 0.220 e. The summed E-state index contributed by atoms with van der Waals surface area (Å²) >= 11 is 0. The van der Waals surface area contributed by atoms with Gasteiger partial charge in [-0.25, -0.2) is 0 Å². The number of hydrogen-bond donors (Lipinski definition) is 2. The molecular formula is C20H33IN4O3. The molecule has 0 radical (unpaired) electrons. The minimum atomic E-state index is 0. The van der Waals surface area contributed by atoms with Crippen LogP contribution in [0.1, 0.15) is 31.7 Å². The van der Waals surface area contributed by atoms with Gasteiger partial charge in [0, 0.05) is 40.2 Å². The van der Waals surface area contributed by atoms with E-state index in [2.05, 4.69) is 20.5 Å². The molecule has 1 aromatic carbocycles. The number of likely N-dealkylation sites (tertiary alicyclic amines) is 1. The van der Waals surface area contributed by atoms with Gasteiger partial charge in [-0.3, -0.25) is 9.79 Å². The number of nitrogens with one attached hydrogen (secondary N) is 2. The SMILES string of the molecule is CCOc1cc(CNC(=NC)N2CCC(CC(=O)NC)CC2)ccc1OC.I. The predicted molar refractivity (Wildman–Crippen MR) is 123 cm³/mol. The third-order valence-electron chi connectivity index (χ3n) is 4.86. The Morgan fingerprint density at radius 1 is 1.29 bits per heavy atom. The summed E-state index contributed by atoms with van der Waals surface area (Å²) in [4.78, 5) is 18.2. The number of hydrogen-bond acceptors (Lipinski definition) is 4. The van der Waals surface area contributed by atoms with E-state index in [1.807, 2.05) is 25.1 Å². The number of ether oxygens (including phenoxy) is 2. The van der Waals surface area contributed by atoms with E-state index >= 15 is 0 Å². The molecule has 2 N–H and O–H groups in total. The molecule has 1 amide bonds. The van der Waals surface area contributed by atoms with E-state index < -0.39 is 0 Å². The Bertz CT molecular complexity index is 646. The van der Waals surface area contributed by atoms with Crippen molar-refractivity contribution in [1.29, 1.82) is 0 Å². The van der Waals surface area contributed by atoms with E-state index in [0.29, 0.717) is 25.5 Å². The molecule has 158 valence electrons. The standard InChI is InChI=1S/C20H32N4O3.HI/c1-5-27-18-12-16(6-7-17(18)26-4)14-23-20(22-3)24-10-8-15(9-11-24)13-19(25)21-2;/h6-7,12,15H,5,8-11,13-14H2,1-4H3,(H,21,25)(H,22,23);1H. The van der Waals surface area contributed by atoms with Gasteiger partial charge >= 0.3 is 0 Å². The van der Waals surface area contributed by atoms with Crippen LogP contribution in [0.25, 0.3) is 0 Å². The minimum Gasteiger partial charge on any atom is -0.493 e. The third-order valence-corrected chi connectivity index (χ3v) is 4.86. The number of methoxy groups -OCH3 is 1. The van der Waals surface area contributed by atoms with Crippen molar-refractivity contribution in [3.05, 3.63) is 23.8 Å². The van der Waals surface area contributed by atoms with Gasteiger partial charge in [-0.15, -0.1) is 24.0 Å². The fraction of sp³-hybridized carbons (Fsp3) is 0.600. The number of benzene rings is 1. The van der Waals surface area contributed by atoms with Gasteiger partial charge in [0.25, 0.3) is 0 Å². The summed E-state index contributed by atoms with van der Waals surface area (Å²) in [6.07, 6.45) is 2.62. The highest BCUT2D eigenvalue weighted by Crippen LogP contribution is 2.28. The second kappa shape index (κ2) is 12.7. The Kier molecular flexibility index (Phi) is 11.0. The van der Waals surface area contributed by atoms with Gasteiger partial charge < -0.3 is 25.0 Å². The molecule has 28 heavy (non-hydrogen) atoms. The van der Waals surface area contributed by atoms with Crippen LogP contribution in [-0.2, 0) is 11.3 Å². The van der Waals surface area contributed by atoms with E-state index in [1.165, 1.54) is 0 Å². The lowest BCUT2D eigenvalue weighted by Crippen LogP contribution is -2.45. The van der Waals surface area contributed by atoms with Gasteiger partial charge in [0.15, 0.2) is 17.5 Å². The fourth-order valence-electron chi connectivity index (χ4n) is 3.33. The lowest BCUT2D eigenvalue weighted by atomic mass is 9.93. The molecule has 0 spiro atoms. The molecule has 1 fully saturated rings. The molecule has 0 unspecified atom stereocenters. The summed E-state index contributed by atoms with van der Waals surface area (Å²) in [5, 5.41) is 6.14. The molecule has 1 aliphatic rings. The topological polar surface area (TPSA) is 75.2 Å². The largest absolute Gasteiger partial charge is 0.493 e. The van der Waals surface area contributed by atoms with Crippen LogP contribution in [0.5, 0.6) is 11.5 Å². The van der Waals surface area contributed by atoms with E-state index in [9.17, 15) is 4.79 Å². The molecule has 0 aromatic heterocycles. The molecule has 1 aromatic rings. The molecule has 7 nitrogen and oxygen atoms in total. The number of rotatable bonds is 7. The summed E-state index contributed by atoms with van der Waals surface area (Å²) in [6, 6.07) is 5.95. The molecular weight excluding hydrogens is 471 g/mol. The first-order valence-corrected chi connectivity index (χ1v) is 9.57. The smallest absolute Gasteiger partial charge is 0.220 e. The lowest BCUT2D eigenvalue weighted by molar-refractivity contribution is -0.121. The normalized spacial score (nSPS) is 14.9. The van der Waals surface area contributed by atoms with Crippen molar-refractivity contribution in [3.8, 4) is 11.5 Å². The second-order valence-electron chi connectivity index (χ2n) is 6.63. The number of piperidine rings is 1. The quantitative estimate of drug-likeness (QED) is 0.340. The van der Waals surface area contributed by atoms with Gasteiger partial charge in [-0.2, -0.15) is 0 Å². The average Bonchev–Trinajstić information content (AvgIpc) is 2.70. The highest BCUT2D eigenvalue weighted by molar-refractivity contribution is 14.0. The summed E-state index contributed by atoms with van der Waals surface area (Å²) in [5.41, 5.74) is 1.11. The molecule has 0 bridgehead atoms. The van der Waals surface area contributed by atoms with Crippen molar-refractivity contribution in [2.24, 2.45) is 10.9 Å². The number of halogens is 1. The van der Waals surface area contributed by atoms with E-state index in [1.54, 1.807) is 21.2 Å². The molecule has 1 heterocycles. The summed E-state index contributed by atoms with van der Waals surface area (Å²) < 4.78 is 11.0. The Morgan fingerprint density at radius 2 is 2.00 bits per heavy atom. The van der Waals surface area contributed by atoms with Crippen molar-refractivity contribution in [3.63, 3.8) is 0 Å². The predicted octanol–water partition coefficient (Wildman–Crippen LogP) is 2.64. The molecule has 2 rings (SSSR count). The Hall–Kier alpha value is -1.71. The molecule has 1 saturated heterocycles. The number of aliphatic imine (C=N–C) groups is 1. The highest BCUT2D eigenvalue weighted by atomic mass is 127. The maximum atomic E-state index is 11.6. The van der Waals surface area contributed by atoms with Crippen LogP contribution in [0.4, 0.5) is 0 Å². The fourth-order valence-corrected chi connectivity index (χ4v) is 3.33. The van der Waals surface area contributed by atoms with Gasteiger partial charge in [0.05, 0.1) is 13.7 Å². The monoisotopic (exact) mass is 504 g/mol. The zero-order valence-corrected chi connectivity index (χ0v) is 19.6. The summed E-state index contributed by atoms with van der Waals surface area (Å²) in [6.45, 7) is 5.04. The number of amides is 1. The van der Waals surface area contributed by atoms with E-state index in [-0.39, 0.29) is 29.9 Å². The van der Waals surface area contributed by atoms with Crippen LogP contribution >= 0.6 is 24.0 Å². The van der Waals surface area contributed by atoms with Crippen molar-refractivity contribution >= 4 is 35.8 Å². The van der Waals surface area contributed by atoms with Crippen molar-refractivity contribution in [1.82, 2.24) is 15.5 Å². The zero-order chi connectivity index (χ0) is 19.6.